The van der Waals surface area contributed by atoms with E-state index in [2.05, 4.69) is 4.72 Å². The lowest BCUT2D eigenvalue weighted by molar-refractivity contribution is 0.426. The third-order valence-corrected chi connectivity index (χ3v) is 3.80. The Hall–Kier alpha value is -0.130. The molecule has 0 heterocycles. The molecule has 92 valence electrons. The van der Waals surface area contributed by atoms with Crippen LogP contribution in [0, 0.1) is 5.92 Å². The van der Waals surface area contributed by atoms with Gasteiger partial charge in [-0.3, -0.25) is 0 Å². The van der Waals surface area contributed by atoms with E-state index in [1.165, 1.54) is 0 Å². The van der Waals surface area contributed by atoms with Gasteiger partial charge in [-0.25, -0.2) is 13.1 Å². The molecule has 0 spiro atoms. The van der Waals surface area contributed by atoms with Crippen molar-refractivity contribution in [3.05, 3.63) is 0 Å². The Bertz CT molecular complexity index is 271. The van der Waals surface area contributed by atoms with Gasteiger partial charge in [0, 0.05) is 5.54 Å². The van der Waals surface area contributed by atoms with Gasteiger partial charge in [-0.15, -0.1) is 0 Å². The number of sulfonamides is 1. The van der Waals surface area contributed by atoms with Gasteiger partial charge < -0.3 is 5.73 Å². The topological polar surface area (TPSA) is 72.2 Å². The summed E-state index contributed by atoms with van der Waals surface area (Å²) in [6.07, 6.45) is 1.34. The minimum atomic E-state index is -3.16. The largest absolute Gasteiger partial charge is 0.330 e. The molecule has 0 saturated carbocycles. The lowest BCUT2D eigenvalue weighted by atomic mass is 10.0. The van der Waals surface area contributed by atoms with Gasteiger partial charge in [0.25, 0.3) is 0 Å². The van der Waals surface area contributed by atoms with E-state index in [0.29, 0.717) is 25.3 Å². The van der Waals surface area contributed by atoms with Crippen LogP contribution in [0.2, 0.25) is 0 Å². The smallest absolute Gasteiger partial charge is 0.212 e. The fourth-order valence-corrected chi connectivity index (χ4v) is 3.10. The van der Waals surface area contributed by atoms with Crippen LogP contribution in [0.25, 0.3) is 0 Å². The third-order valence-electron chi connectivity index (χ3n) is 2.17. The van der Waals surface area contributed by atoms with Crippen LogP contribution in [-0.2, 0) is 10.0 Å². The van der Waals surface area contributed by atoms with Gasteiger partial charge in [-0.2, -0.15) is 0 Å². The molecule has 0 radical (unpaired) electrons. The molecule has 0 rings (SSSR count). The van der Waals surface area contributed by atoms with E-state index in [1.54, 1.807) is 0 Å². The molecular weight excluding hydrogens is 212 g/mol. The molecule has 0 aliphatic carbocycles. The number of nitrogens with one attached hydrogen (secondary N) is 1. The van der Waals surface area contributed by atoms with Gasteiger partial charge in [0.05, 0.1) is 5.75 Å². The quantitative estimate of drug-likeness (QED) is 0.695. The molecule has 0 unspecified atom stereocenters. The van der Waals surface area contributed by atoms with Crippen LogP contribution in [-0.4, -0.2) is 26.3 Å². The molecule has 4 nitrogen and oxygen atoms in total. The number of rotatable bonds is 7. The fourth-order valence-electron chi connectivity index (χ4n) is 1.27. The monoisotopic (exact) mass is 236 g/mol. The summed E-state index contributed by atoms with van der Waals surface area (Å²) in [5.41, 5.74) is 4.98. The van der Waals surface area contributed by atoms with E-state index in [0.717, 1.165) is 0 Å². The maximum absolute atomic E-state index is 11.7. The predicted octanol–water partition coefficient (Wildman–Crippen LogP) is 1.08. The highest BCUT2D eigenvalue weighted by atomic mass is 32.2. The number of nitrogens with two attached hydrogens (primary N) is 1. The van der Waals surface area contributed by atoms with Crippen molar-refractivity contribution in [3.8, 4) is 0 Å². The Balaban J connectivity index is 4.25. The molecule has 5 heteroatoms. The number of hydrogen-bond acceptors (Lipinski definition) is 3. The first-order valence-corrected chi connectivity index (χ1v) is 7.05. The van der Waals surface area contributed by atoms with E-state index in [9.17, 15) is 8.42 Å². The predicted molar refractivity (Wildman–Crippen MR) is 64.1 cm³/mol. The van der Waals surface area contributed by atoms with Crippen molar-refractivity contribution in [2.24, 2.45) is 11.7 Å². The van der Waals surface area contributed by atoms with Gasteiger partial charge in [-0.1, -0.05) is 13.8 Å². The molecular formula is C10H24N2O2S. The second-order valence-corrected chi connectivity index (χ2v) is 6.87. The molecule has 0 aliphatic rings. The Kier molecular flexibility index (Phi) is 5.77. The highest BCUT2D eigenvalue weighted by molar-refractivity contribution is 7.89. The van der Waals surface area contributed by atoms with Crippen molar-refractivity contribution in [2.45, 2.75) is 46.1 Å². The molecule has 0 aromatic carbocycles. The van der Waals surface area contributed by atoms with Gasteiger partial charge in [0.1, 0.15) is 0 Å². The van der Waals surface area contributed by atoms with Crippen molar-refractivity contribution >= 4 is 10.0 Å². The Morgan fingerprint density at radius 3 is 2.27 bits per heavy atom. The first-order valence-electron chi connectivity index (χ1n) is 5.40. The third kappa shape index (κ3) is 7.76. The zero-order valence-corrected chi connectivity index (χ0v) is 11.0. The SMILES string of the molecule is CC(C)CCS(=O)(=O)NC(C)(C)CCN. The molecule has 0 atom stereocenters. The maximum atomic E-state index is 11.7. The number of hydrogen-bond donors (Lipinski definition) is 2. The van der Waals surface area contributed by atoms with Crippen LogP contribution >= 0.6 is 0 Å². The van der Waals surface area contributed by atoms with E-state index in [1.807, 2.05) is 27.7 Å². The van der Waals surface area contributed by atoms with E-state index >= 15 is 0 Å². The van der Waals surface area contributed by atoms with Crippen LogP contribution in [0.3, 0.4) is 0 Å². The van der Waals surface area contributed by atoms with Crippen molar-refractivity contribution in [3.63, 3.8) is 0 Å². The highest BCUT2D eigenvalue weighted by Crippen LogP contribution is 2.10. The minimum absolute atomic E-state index is 0.193. The fraction of sp³-hybridized carbons (Fsp3) is 1.00. The lowest BCUT2D eigenvalue weighted by Crippen LogP contribution is -2.45. The molecule has 0 aromatic rings. The molecule has 3 N–H and O–H groups in total. The second kappa shape index (κ2) is 5.82. The molecule has 0 fully saturated rings. The average molecular weight is 236 g/mol. The summed E-state index contributed by atoms with van der Waals surface area (Å²) in [6.45, 7) is 8.22. The van der Waals surface area contributed by atoms with Crippen LogP contribution in [0.4, 0.5) is 0 Å². The maximum Gasteiger partial charge on any atom is 0.212 e. The van der Waals surface area contributed by atoms with Crippen LogP contribution in [0.5, 0.6) is 0 Å². The van der Waals surface area contributed by atoms with Crippen molar-refractivity contribution in [2.75, 3.05) is 12.3 Å². The van der Waals surface area contributed by atoms with Gasteiger partial charge in [-0.05, 0) is 39.2 Å². The first kappa shape index (κ1) is 14.9. The van der Waals surface area contributed by atoms with Crippen molar-refractivity contribution in [1.29, 1.82) is 0 Å². The summed E-state index contributed by atoms with van der Waals surface area (Å²) in [6, 6.07) is 0. The lowest BCUT2D eigenvalue weighted by Gasteiger charge is -2.25. The standard InChI is InChI=1S/C10H24N2O2S/c1-9(2)5-8-15(13,14)12-10(3,4)6-7-11/h9,12H,5-8,11H2,1-4H3. The molecule has 0 aromatic heterocycles. The average Bonchev–Trinajstić information content (AvgIpc) is 1.98. The van der Waals surface area contributed by atoms with Gasteiger partial charge >= 0.3 is 0 Å². The van der Waals surface area contributed by atoms with Crippen LogP contribution in [0.1, 0.15) is 40.5 Å². The summed E-state index contributed by atoms with van der Waals surface area (Å²) in [4.78, 5) is 0. The first-order chi connectivity index (χ1) is 6.68. The Morgan fingerprint density at radius 1 is 1.33 bits per heavy atom. The highest BCUT2D eigenvalue weighted by Gasteiger charge is 2.23. The minimum Gasteiger partial charge on any atom is -0.330 e. The normalized spacial score (nSPS) is 13.5. The van der Waals surface area contributed by atoms with Crippen molar-refractivity contribution in [1.82, 2.24) is 4.72 Å². The van der Waals surface area contributed by atoms with Crippen LogP contribution in [0.15, 0.2) is 0 Å². The summed E-state index contributed by atoms with van der Waals surface area (Å²) < 4.78 is 26.0. The van der Waals surface area contributed by atoms with Gasteiger partial charge in [0.15, 0.2) is 0 Å². The second-order valence-electron chi connectivity index (χ2n) is 5.03. The Morgan fingerprint density at radius 2 is 1.87 bits per heavy atom. The van der Waals surface area contributed by atoms with Crippen molar-refractivity contribution < 1.29 is 8.42 Å². The van der Waals surface area contributed by atoms with E-state index in [4.69, 9.17) is 5.73 Å². The van der Waals surface area contributed by atoms with E-state index < -0.39 is 15.6 Å². The Labute approximate surface area is 93.7 Å². The summed E-state index contributed by atoms with van der Waals surface area (Å²) in [5, 5.41) is 0. The molecule has 15 heavy (non-hydrogen) atoms. The van der Waals surface area contributed by atoms with Crippen LogP contribution < -0.4 is 10.5 Å². The van der Waals surface area contributed by atoms with Gasteiger partial charge in [0.2, 0.25) is 10.0 Å². The molecule has 0 aliphatic heterocycles. The zero-order chi connectivity index (χ0) is 12.1. The molecule has 0 bridgehead atoms. The summed E-state index contributed by atoms with van der Waals surface area (Å²) in [7, 11) is -3.16. The van der Waals surface area contributed by atoms with E-state index in [-0.39, 0.29) is 5.75 Å². The summed E-state index contributed by atoms with van der Waals surface area (Å²) >= 11 is 0. The zero-order valence-electron chi connectivity index (χ0n) is 10.2. The summed E-state index contributed by atoms with van der Waals surface area (Å²) in [5.74, 6) is 0.595. The molecule has 0 saturated heterocycles. The molecule has 0 amide bonds.